The summed E-state index contributed by atoms with van der Waals surface area (Å²) in [7, 11) is -2.98. The Bertz CT molecular complexity index is 443. The van der Waals surface area contributed by atoms with Crippen molar-refractivity contribution in [3.8, 4) is 5.75 Å². The zero-order valence-electron chi connectivity index (χ0n) is 9.86. The first-order chi connectivity index (χ1) is 8.09. The first-order valence-corrected chi connectivity index (χ1v) is 7.91. The molecular formula is C12H17ClO3S. The van der Waals surface area contributed by atoms with Gasteiger partial charge < -0.3 is 4.74 Å². The fraction of sp³-hybridized carbons (Fsp3) is 0.500. The maximum absolute atomic E-state index is 11.5. The van der Waals surface area contributed by atoms with Gasteiger partial charge in [0.1, 0.15) is 12.4 Å². The number of alkyl halides is 1. The summed E-state index contributed by atoms with van der Waals surface area (Å²) in [5.74, 6) is 1.29. The average Bonchev–Trinajstić information content (AvgIpc) is 2.29. The highest BCUT2D eigenvalue weighted by Crippen LogP contribution is 2.19. The van der Waals surface area contributed by atoms with E-state index in [2.05, 4.69) is 0 Å². The lowest BCUT2D eigenvalue weighted by Crippen LogP contribution is -2.17. The Morgan fingerprint density at radius 2 is 1.94 bits per heavy atom. The molecule has 0 fully saturated rings. The van der Waals surface area contributed by atoms with Crippen LogP contribution < -0.4 is 4.74 Å². The Kier molecular flexibility index (Phi) is 5.78. The summed E-state index contributed by atoms with van der Waals surface area (Å²) in [5, 5.41) is 0. The van der Waals surface area contributed by atoms with E-state index < -0.39 is 9.84 Å². The van der Waals surface area contributed by atoms with Crippen LogP contribution in [0.1, 0.15) is 18.9 Å². The van der Waals surface area contributed by atoms with Crippen molar-refractivity contribution in [2.45, 2.75) is 19.2 Å². The van der Waals surface area contributed by atoms with E-state index in [0.717, 1.165) is 5.56 Å². The van der Waals surface area contributed by atoms with Crippen molar-refractivity contribution in [3.05, 3.63) is 29.8 Å². The van der Waals surface area contributed by atoms with Gasteiger partial charge in [0, 0.05) is 5.56 Å². The van der Waals surface area contributed by atoms with Gasteiger partial charge in [0.2, 0.25) is 0 Å². The molecule has 0 atom stereocenters. The van der Waals surface area contributed by atoms with Crippen LogP contribution in [0.2, 0.25) is 0 Å². The monoisotopic (exact) mass is 276 g/mol. The van der Waals surface area contributed by atoms with Crippen molar-refractivity contribution in [2.75, 3.05) is 18.1 Å². The van der Waals surface area contributed by atoms with Crippen LogP contribution in [0.4, 0.5) is 0 Å². The molecule has 0 aliphatic heterocycles. The van der Waals surface area contributed by atoms with Crippen molar-refractivity contribution < 1.29 is 13.2 Å². The zero-order valence-corrected chi connectivity index (χ0v) is 11.4. The molecule has 0 aliphatic rings. The summed E-state index contributed by atoms with van der Waals surface area (Å²) in [6.07, 6.45) is 0.639. The number of hydrogen-bond acceptors (Lipinski definition) is 3. The van der Waals surface area contributed by atoms with Crippen molar-refractivity contribution in [1.29, 1.82) is 0 Å². The molecule has 0 amide bonds. The molecule has 96 valence electrons. The second-order valence-corrected chi connectivity index (χ2v) is 6.31. The van der Waals surface area contributed by atoms with Crippen LogP contribution in [0.3, 0.4) is 0 Å². The minimum Gasteiger partial charge on any atom is -0.492 e. The van der Waals surface area contributed by atoms with E-state index in [1.54, 1.807) is 6.07 Å². The van der Waals surface area contributed by atoms with Crippen LogP contribution in [0, 0.1) is 0 Å². The van der Waals surface area contributed by atoms with Crippen molar-refractivity contribution in [2.24, 2.45) is 0 Å². The lowest BCUT2D eigenvalue weighted by Gasteiger charge is -2.09. The van der Waals surface area contributed by atoms with E-state index in [9.17, 15) is 8.42 Å². The standard InChI is InChI=1S/C12H17ClO3S/c1-2-8-17(14,15)9-7-16-12-6-4-3-5-11(12)10-13/h3-6H,2,7-10H2,1H3. The molecule has 0 aliphatic carbocycles. The number of para-hydroxylation sites is 1. The van der Waals surface area contributed by atoms with Gasteiger partial charge in [-0.1, -0.05) is 25.1 Å². The lowest BCUT2D eigenvalue weighted by atomic mass is 10.2. The topological polar surface area (TPSA) is 43.4 Å². The molecule has 1 aromatic rings. The third kappa shape index (κ3) is 4.96. The van der Waals surface area contributed by atoms with Gasteiger partial charge in [0.05, 0.1) is 17.4 Å². The van der Waals surface area contributed by atoms with E-state index in [1.165, 1.54) is 0 Å². The average molecular weight is 277 g/mol. The highest BCUT2D eigenvalue weighted by Gasteiger charge is 2.10. The van der Waals surface area contributed by atoms with E-state index in [4.69, 9.17) is 16.3 Å². The van der Waals surface area contributed by atoms with Crippen LogP contribution >= 0.6 is 11.6 Å². The lowest BCUT2D eigenvalue weighted by molar-refractivity contribution is 0.338. The zero-order chi connectivity index (χ0) is 12.7. The summed E-state index contributed by atoms with van der Waals surface area (Å²) in [5.41, 5.74) is 0.877. The molecule has 0 saturated heterocycles. The number of rotatable bonds is 7. The minimum absolute atomic E-state index is 0.0530. The summed E-state index contributed by atoms with van der Waals surface area (Å²) in [4.78, 5) is 0. The maximum Gasteiger partial charge on any atom is 0.153 e. The van der Waals surface area contributed by atoms with Gasteiger partial charge >= 0.3 is 0 Å². The molecule has 5 heteroatoms. The van der Waals surface area contributed by atoms with Gasteiger partial charge in [-0.15, -0.1) is 11.6 Å². The number of ether oxygens (including phenoxy) is 1. The van der Waals surface area contributed by atoms with Crippen LogP contribution in [0.25, 0.3) is 0 Å². The number of hydrogen-bond donors (Lipinski definition) is 0. The molecule has 0 radical (unpaired) electrons. The molecule has 0 unspecified atom stereocenters. The smallest absolute Gasteiger partial charge is 0.153 e. The molecule has 0 saturated carbocycles. The largest absolute Gasteiger partial charge is 0.492 e. The molecule has 1 rings (SSSR count). The Balaban J connectivity index is 2.51. The minimum atomic E-state index is -2.98. The summed E-state index contributed by atoms with van der Waals surface area (Å²) >= 11 is 5.75. The van der Waals surface area contributed by atoms with Gasteiger partial charge in [0.25, 0.3) is 0 Å². The molecule has 1 aromatic carbocycles. The summed E-state index contributed by atoms with van der Waals surface area (Å²) < 4.78 is 28.4. The number of halogens is 1. The normalized spacial score (nSPS) is 11.4. The molecule has 17 heavy (non-hydrogen) atoms. The van der Waals surface area contributed by atoms with Gasteiger partial charge in [-0.25, -0.2) is 8.42 Å². The highest BCUT2D eigenvalue weighted by atomic mass is 35.5. The highest BCUT2D eigenvalue weighted by molar-refractivity contribution is 7.91. The van der Waals surface area contributed by atoms with Crippen LogP contribution in [0.15, 0.2) is 24.3 Å². The van der Waals surface area contributed by atoms with Gasteiger partial charge in [-0.2, -0.15) is 0 Å². The Hall–Kier alpha value is -0.740. The molecule has 3 nitrogen and oxygen atoms in total. The van der Waals surface area contributed by atoms with Crippen LogP contribution in [0.5, 0.6) is 5.75 Å². The Morgan fingerprint density at radius 1 is 1.24 bits per heavy atom. The molecule has 0 N–H and O–H groups in total. The van der Waals surface area contributed by atoms with Crippen molar-refractivity contribution >= 4 is 21.4 Å². The quantitative estimate of drug-likeness (QED) is 0.719. The van der Waals surface area contributed by atoms with Crippen LogP contribution in [-0.4, -0.2) is 26.5 Å². The summed E-state index contributed by atoms with van der Waals surface area (Å²) in [6, 6.07) is 7.37. The first-order valence-electron chi connectivity index (χ1n) is 5.56. The Morgan fingerprint density at radius 3 is 2.59 bits per heavy atom. The van der Waals surface area contributed by atoms with E-state index in [0.29, 0.717) is 18.1 Å². The molecule has 0 spiro atoms. The number of sulfone groups is 1. The predicted octanol–water partition coefficient (Wildman–Crippen LogP) is 2.63. The van der Waals surface area contributed by atoms with Gasteiger partial charge in [-0.05, 0) is 12.5 Å². The van der Waals surface area contributed by atoms with E-state index >= 15 is 0 Å². The van der Waals surface area contributed by atoms with Crippen LogP contribution in [-0.2, 0) is 15.7 Å². The molecular weight excluding hydrogens is 260 g/mol. The first kappa shape index (κ1) is 14.3. The second kappa shape index (κ2) is 6.87. The molecule has 0 aromatic heterocycles. The SMILES string of the molecule is CCCS(=O)(=O)CCOc1ccccc1CCl. The van der Waals surface area contributed by atoms with Gasteiger partial charge in [-0.3, -0.25) is 0 Å². The van der Waals surface area contributed by atoms with E-state index in [-0.39, 0.29) is 18.1 Å². The third-order valence-corrected chi connectivity index (χ3v) is 4.39. The number of benzene rings is 1. The fourth-order valence-electron chi connectivity index (χ4n) is 1.45. The van der Waals surface area contributed by atoms with E-state index in [1.807, 2.05) is 25.1 Å². The van der Waals surface area contributed by atoms with Crippen molar-refractivity contribution in [3.63, 3.8) is 0 Å². The fourth-order valence-corrected chi connectivity index (χ4v) is 2.83. The summed E-state index contributed by atoms with van der Waals surface area (Å²) in [6.45, 7) is 2.03. The maximum atomic E-state index is 11.5. The molecule has 0 bridgehead atoms. The van der Waals surface area contributed by atoms with Crippen molar-refractivity contribution in [1.82, 2.24) is 0 Å². The third-order valence-electron chi connectivity index (χ3n) is 2.28. The molecule has 0 heterocycles. The predicted molar refractivity (Wildman–Crippen MR) is 70.4 cm³/mol. The second-order valence-electron chi connectivity index (χ2n) is 3.74. The Labute approximate surface area is 108 Å². The van der Waals surface area contributed by atoms with Gasteiger partial charge in [0.15, 0.2) is 9.84 Å².